The van der Waals surface area contributed by atoms with Gasteiger partial charge in [0.25, 0.3) is 0 Å². The maximum Gasteiger partial charge on any atom is 0.235 e. The van der Waals surface area contributed by atoms with Crippen molar-refractivity contribution in [2.24, 2.45) is 0 Å². The molecular formula is C22H27NO2. The highest BCUT2D eigenvalue weighted by atomic mass is 16.5. The number of carbonyl (C=O) groups excluding carboxylic acids is 1. The Morgan fingerprint density at radius 1 is 1.04 bits per heavy atom. The minimum absolute atomic E-state index is 0.107. The smallest absolute Gasteiger partial charge is 0.235 e. The lowest BCUT2D eigenvalue weighted by Gasteiger charge is -2.28. The lowest BCUT2D eigenvalue weighted by Crippen LogP contribution is -2.37. The molecule has 0 heterocycles. The fraction of sp³-hybridized carbons (Fsp3) is 0.409. The molecule has 3 heteroatoms. The molecule has 1 aliphatic rings. The second kappa shape index (κ2) is 8.19. The summed E-state index contributed by atoms with van der Waals surface area (Å²) in [5.74, 6) is 0.959. The third-order valence-corrected chi connectivity index (χ3v) is 5.10. The van der Waals surface area contributed by atoms with Gasteiger partial charge in [0.05, 0.1) is 12.0 Å². The Kier molecular flexibility index (Phi) is 5.75. The molecule has 3 rings (SSSR count). The summed E-state index contributed by atoms with van der Waals surface area (Å²) in [5.41, 5.74) is 1.57. The van der Waals surface area contributed by atoms with Gasteiger partial charge in [-0.25, -0.2) is 0 Å². The topological polar surface area (TPSA) is 38.3 Å². The lowest BCUT2D eigenvalue weighted by atomic mass is 9.78. The van der Waals surface area contributed by atoms with Crippen LogP contribution in [0.3, 0.4) is 0 Å². The van der Waals surface area contributed by atoms with Gasteiger partial charge in [0.2, 0.25) is 5.91 Å². The fourth-order valence-electron chi connectivity index (χ4n) is 3.60. The van der Waals surface area contributed by atoms with Gasteiger partial charge in [0, 0.05) is 5.69 Å². The second-order valence-corrected chi connectivity index (χ2v) is 6.84. The van der Waals surface area contributed by atoms with Crippen LogP contribution < -0.4 is 10.1 Å². The first kappa shape index (κ1) is 17.5. The molecule has 3 nitrogen and oxygen atoms in total. The van der Waals surface area contributed by atoms with Crippen LogP contribution >= 0.6 is 0 Å². The van der Waals surface area contributed by atoms with Crippen LogP contribution in [0.5, 0.6) is 5.75 Å². The van der Waals surface area contributed by atoms with E-state index in [1.54, 1.807) is 0 Å². The number of hydrogen-bond acceptors (Lipinski definition) is 2. The van der Waals surface area contributed by atoms with E-state index in [1.165, 1.54) is 0 Å². The Bertz CT molecular complexity index is 673. The Morgan fingerprint density at radius 2 is 1.72 bits per heavy atom. The first-order chi connectivity index (χ1) is 12.2. The summed E-state index contributed by atoms with van der Waals surface area (Å²) in [6.07, 6.45) is 6.22. The van der Waals surface area contributed by atoms with Crippen molar-refractivity contribution >= 4 is 11.6 Å². The first-order valence-electron chi connectivity index (χ1n) is 9.34. The van der Waals surface area contributed by atoms with Crippen LogP contribution in [0.4, 0.5) is 5.69 Å². The van der Waals surface area contributed by atoms with Gasteiger partial charge in [0.1, 0.15) is 5.75 Å². The summed E-state index contributed by atoms with van der Waals surface area (Å²) in [4.78, 5) is 13.1. The van der Waals surface area contributed by atoms with E-state index in [1.807, 2.05) is 42.5 Å². The molecule has 1 fully saturated rings. The Labute approximate surface area is 150 Å². The zero-order valence-electron chi connectivity index (χ0n) is 15.0. The number of unbranched alkanes of at least 4 members (excludes halogenated alkanes) is 1. The average molecular weight is 337 g/mol. The number of amides is 1. The Morgan fingerprint density at radius 3 is 2.36 bits per heavy atom. The molecule has 0 spiro atoms. The number of anilines is 1. The first-order valence-corrected chi connectivity index (χ1v) is 9.34. The third kappa shape index (κ3) is 4.04. The van der Waals surface area contributed by atoms with Crippen LogP contribution in [-0.2, 0) is 10.2 Å². The number of benzene rings is 2. The molecule has 2 aromatic rings. The van der Waals surface area contributed by atoms with Gasteiger partial charge in [-0.1, -0.05) is 56.5 Å². The molecule has 1 N–H and O–H groups in total. The minimum Gasteiger partial charge on any atom is -0.494 e. The van der Waals surface area contributed by atoms with Crippen molar-refractivity contribution in [2.45, 2.75) is 50.9 Å². The molecule has 0 aliphatic heterocycles. The van der Waals surface area contributed by atoms with Gasteiger partial charge < -0.3 is 10.1 Å². The van der Waals surface area contributed by atoms with Crippen molar-refractivity contribution in [3.63, 3.8) is 0 Å². The average Bonchev–Trinajstić information content (AvgIpc) is 3.15. The van der Waals surface area contributed by atoms with E-state index >= 15 is 0 Å². The second-order valence-electron chi connectivity index (χ2n) is 6.84. The highest BCUT2D eigenvalue weighted by molar-refractivity contribution is 5.99. The molecule has 132 valence electrons. The van der Waals surface area contributed by atoms with E-state index in [2.05, 4.69) is 24.4 Å². The van der Waals surface area contributed by atoms with Gasteiger partial charge in [-0.2, -0.15) is 0 Å². The Hall–Kier alpha value is -2.29. The fourth-order valence-corrected chi connectivity index (χ4v) is 3.60. The van der Waals surface area contributed by atoms with Gasteiger partial charge in [-0.15, -0.1) is 0 Å². The SMILES string of the molecule is CCCCOc1ccc(NC(=O)C2(c3ccccc3)CCCC2)cc1. The molecule has 1 amide bonds. The molecule has 0 aromatic heterocycles. The molecule has 0 bridgehead atoms. The monoisotopic (exact) mass is 337 g/mol. The Balaban J connectivity index is 1.70. The van der Waals surface area contributed by atoms with E-state index in [0.29, 0.717) is 0 Å². The summed E-state index contributed by atoms with van der Waals surface area (Å²) < 4.78 is 5.68. The van der Waals surface area contributed by atoms with Crippen LogP contribution in [0.1, 0.15) is 51.0 Å². The zero-order valence-corrected chi connectivity index (χ0v) is 15.0. The number of nitrogens with one attached hydrogen (secondary N) is 1. The summed E-state index contributed by atoms with van der Waals surface area (Å²) >= 11 is 0. The molecule has 0 unspecified atom stereocenters. The van der Waals surface area contributed by atoms with Crippen LogP contribution in [0.15, 0.2) is 54.6 Å². The van der Waals surface area contributed by atoms with Crippen molar-refractivity contribution in [3.05, 3.63) is 60.2 Å². The van der Waals surface area contributed by atoms with Crippen molar-refractivity contribution in [2.75, 3.05) is 11.9 Å². The molecule has 1 aliphatic carbocycles. The maximum absolute atomic E-state index is 13.1. The minimum atomic E-state index is -0.391. The molecule has 0 saturated heterocycles. The van der Waals surface area contributed by atoms with E-state index in [9.17, 15) is 4.79 Å². The lowest BCUT2D eigenvalue weighted by molar-refractivity contribution is -0.121. The third-order valence-electron chi connectivity index (χ3n) is 5.10. The quantitative estimate of drug-likeness (QED) is 0.695. The predicted octanol–water partition coefficient (Wildman–Crippen LogP) is 5.32. The highest BCUT2D eigenvalue weighted by Crippen LogP contribution is 2.42. The maximum atomic E-state index is 13.1. The number of ether oxygens (including phenoxy) is 1. The number of carbonyl (C=O) groups is 1. The molecule has 0 radical (unpaired) electrons. The van der Waals surface area contributed by atoms with Crippen molar-refractivity contribution in [1.82, 2.24) is 0 Å². The summed E-state index contributed by atoms with van der Waals surface area (Å²) in [6, 6.07) is 17.9. The van der Waals surface area contributed by atoms with Gasteiger partial charge in [-0.3, -0.25) is 4.79 Å². The van der Waals surface area contributed by atoms with Crippen LogP contribution in [-0.4, -0.2) is 12.5 Å². The molecule has 25 heavy (non-hydrogen) atoms. The van der Waals surface area contributed by atoms with Gasteiger partial charge >= 0.3 is 0 Å². The summed E-state index contributed by atoms with van der Waals surface area (Å²) in [5, 5.41) is 3.12. The van der Waals surface area contributed by atoms with Gasteiger partial charge in [0.15, 0.2) is 0 Å². The number of rotatable bonds is 7. The number of hydrogen-bond donors (Lipinski definition) is 1. The van der Waals surface area contributed by atoms with Crippen molar-refractivity contribution < 1.29 is 9.53 Å². The van der Waals surface area contributed by atoms with Crippen LogP contribution in [0, 0.1) is 0 Å². The van der Waals surface area contributed by atoms with Crippen LogP contribution in [0.25, 0.3) is 0 Å². The summed E-state index contributed by atoms with van der Waals surface area (Å²) in [6.45, 7) is 2.88. The molecule has 2 aromatic carbocycles. The largest absolute Gasteiger partial charge is 0.494 e. The normalized spacial score (nSPS) is 15.7. The molecule has 0 atom stereocenters. The summed E-state index contributed by atoms with van der Waals surface area (Å²) in [7, 11) is 0. The van der Waals surface area contributed by atoms with E-state index in [-0.39, 0.29) is 5.91 Å². The standard InChI is InChI=1S/C22H27NO2/c1-2-3-17-25-20-13-11-19(12-14-20)23-21(24)22(15-7-8-16-22)18-9-5-4-6-10-18/h4-6,9-14H,2-3,7-8,15-17H2,1H3,(H,23,24). The predicted molar refractivity (Wildman–Crippen MR) is 102 cm³/mol. The van der Waals surface area contributed by atoms with E-state index in [0.717, 1.165) is 62.1 Å². The highest BCUT2D eigenvalue weighted by Gasteiger charge is 2.42. The van der Waals surface area contributed by atoms with Crippen LogP contribution in [0.2, 0.25) is 0 Å². The van der Waals surface area contributed by atoms with Gasteiger partial charge in [-0.05, 0) is 49.1 Å². The van der Waals surface area contributed by atoms with Crippen molar-refractivity contribution in [3.8, 4) is 5.75 Å². The molecular weight excluding hydrogens is 310 g/mol. The molecule has 1 saturated carbocycles. The van der Waals surface area contributed by atoms with E-state index in [4.69, 9.17) is 4.74 Å². The zero-order chi connectivity index (χ0) is 17.5. The van der Waals surface area contributed by atoms with Crippen molar-refractivity contribution in [1.29, 1.82) is 0 Å². The van der Waals surface area contributed by atoms with E-state index < -0.39 is 5.41 Å².